The molecule has 3 N–H and O–H groups in total. The van der Waals surface area contributed by atoms with Crippen LogP contribution in [0, 0.1) is 5.41 Å². The van der Waals surface area contributed by atoms with E-state index in [1.165, 1.54) is 0 Å². The Balaban J connectivity index is 0.000000211. The molecule has 0 saturated heterocycles. The van der Waals surface area contributed by atoms with Crippen molar-refractivity contribution in [3.8, 4) is 0 Å². The van der Waals surface area contributed by atoms with E-state index in [0.29, 0.717) is 0 Å². The van der Waals surface area contributed by atoms with Crippen molar-refractivity contribution >= 4 is 5.97 Å². The van der Waals surface area contributed by atoms with E-state index in [2.05, 4.69) is 10.6 Å². The molecule has 0 radical (unpaired) electrons. The van der Waals surface area contributed by atoms with Crippen LogP contribution in [-0.4, -0.2) is 17.7 Å². The fraction of sp³-hybridized carbons (Fsp3) is 0.625. The van der Waals surface area contributed by atoms with Crippen LogP contribution in [0.1, 0.15) is 20.8 Å². The molecule has 1 aliphatic heterocycles. The Morgan fingerprint density at radius 3 is 1.75 bits per heavy atom. The standard InChI is InChI=1S/C5H10O2.C3H6N2/c1-5(2,3)4(6)7;1-2-5-3-4-1/h1-3H3,(H,6,7);1-2,4-5H,3H2. The first-order valence-electron chi connectivity index (χ1n) is 3.80. The van der Waals surface area contributed by atoms with E-state index in [1.54, 1.807) is 20.8 Å². The molecule has 0 fully saturated rings. The van der Waals surface area contributed by atoms with Gasteiger partial charge in [-0.1, -0.05) is 0 Å². The number of carbonyl (C=O) groups is 1. The SMILES string of the molecule is C1=CNCN1.CC(C)(C)C(=O)O. The summed E-state index contributed by atoms with van der Waals surface area (Å²) in [7, 11) is 0. The van der Waals surface area contributed by atoms with Gasteiger partial charge in [-0.15, -0.1) is 0 Å². The number of hydrogen-bond acceptors (Lipinski definition) is 3. The summed E-state index contributed by atoms with van der Waals surface area (Å²) in [5.74, 6) is -0.757. The van der Waals surface area contributed by atoms with E-state index < -0.39 is 11.4 Å². The first-order chi connectivity index (χ1) is 5.44. The molecule has 0 saturated carbocycles. The maximum absolute atomic E-state index is 10.0. The van der Waals surface area contributed by atoms with Gasteiger partial charge in [-0.05, 0) is 20.8 Å². The predicted molar refractivity (Wildman–Crippen MR) is 47.4 cm³/mol. The van der Waals surface area contributed by atoms with Gasteiger partial charge >= 0.3 is 5.97 Å². The molecule has 0 aromatic rings. The Labute approximate surface area is 72.7 Å². The number of aliphatic carboxylic acids is 1. The second-order valence-electron chi connectivity index (χ2n) is 3.47. The minimum Gasteiger partial charge on any atom is -0.481 e. The molecule has 4 heteroatoms. The molecule has 0 aliphatic carbocycles. The number of rotatable bonds is 0. The molecule has 1 rings (SSSR count). The molecule has 0 aromatic carbocycles. The molecule has 0 aromatic heterocycles. The lowest BCUT2D eigenvalue weighted by atomic mass is 9.98. The summed E-state index contributed by atoms with van der Waals surface area (Å²) in [4.78, 5) is 10.0. The van der Waals surface area contributed by atoms with Gasteiger partial charge in [-0.2, -0.15) is 0 Å². The van der Waals surface area contributed by atoms with Crippen molar-refractivity contribution in [3.05, 3.63) is 12.4 Å². The van der Waals surface area contributed by atoms with Crippen LogP contribution < -0.4 is 10.6 Å². The summed E-state index contributed by atoms with van der Waals surface area (Å²) in [6.45, 7) is 5.88. The van der Waals surface area contributed by atoms with E-state index in [0.717, 1.165) is 6.67 Å². The van der Waals surface area contributed by atoms with Crippen LogP contribution in [0.5, 0.6) is 0 Å². The highest BCUT2D eigenvalue weighted by Crippen LogP contribution is 2.11. The van der Waals surface area contributed by atoms with Gasteiger partial charge in [0.15, 0.2) is 0 Å². The fourth-order valence-corrected chi connectivity index (χ4v) is 0.295. The van der Waals surface area contributed by atoms with Gasteiger partial charge in [0, 0.05) is 12.4 Å². The van der Waals surface area contributed by atoms with Crippen LogP contribution in [0.3, 0.4) is 0 Å². The van der Waals surface area contributed by atoms with Crippen LogP contribution in [0.15, 0.2) is 12.4 Å². The van der Waals surface area contributed by atoms with Crippen LogP contribution in [0.2, 0.25) is 0 Å². The molecule has 70 valence electrons. The lowest BCUT2D eigenvalue weighted by Gasteiger charge is -2.08. The first kappa shape index (κ1) is 10.8. The lowest BCUT2D eigenvalue weighted by molar-refractivity contribution is -0.145. The molecule has 12 heavy (non-hydrogen) atoms. The van der Waals surface area contributed by atoms with Gasteiger partial charge < -0.3 is 15.7 Å². The van der Waals surface area contributed by atoms with E-state index in [-0.39, 0.29) is 0 Å². The maximum Gasteiger partial charge on any atom is 0.308 e. The Kier molecular flexibility index (Phi) is 4.18. The average molecular weight is 172 g/mol. The summed E-state index contributed by atoms with van der Waals surface area (Å²) >= 11 is 0. The molecule has 4 nitrogen and oxygen atoms in total. The highest BCUT2D eigenvalue weighted by molar-refractivity contribution is 5.72. The number of carboxylic acids is 1. The summed E-state index contributed by atoms with van der Waals surface area (Å²) in [6, 6.07) is 0. The van der Waals surface area contributed by atoms with E-state index in [4.69, 9.17) is 5.11 Å². The van der Waals surface area contributed by atoms with Crippen molar-refractivity contribution < 1.29 is 9.90 Å². The third kappa shape index (κ3) is 5.58. The topological polar surface area (TPSA) is 61.4 Å². The summed E-state index contributed by atoms with van der Waals surface area (Å²) in [5, 5.41) is 14.1. The second-order valence-corrected chi connectivity index (χ2v) is 3.47. The number of carboxylic acid groups (broad SMARTS) is 1. The monoisotopic (exact) mass is 172 g/mol. The normalized spacial score (nSPS) is 13.9. The highest BCUT2D eigenvalue weighted by Gasteiger charge is 2.18. The first-order valence-corrected chi connectivity index (χ1v) is 3.80. The zero-order valence-electron chi connectivity index (χ0n) is 7.72. The summed E-state index contributed by atoms with van der Waals surface area (Å²) in [6.07, 6.45) is 3.75. The Morgan fingerprint density at radius 2 is 1.67 bits per heavy atom. The molecule has 0 atom stereocenters. The van der Waals surface area contributed by atoms with Crippen LogP contribution in [0.25, 0.3) is 0 Å². The van der Waals surface area contributed by atoms with E-state index in [1.807, 2.05) is 12.4 Å². The van der Waals surface area contributed by atoms with Crippen molar-refractivity contribution in [3.63, 3.8) is 0 Å². The van der Waals surface area contributed by atoms with Gasteiger partial charge in [0.2, 0.25) is 0 Å². The predicted octanol–water partition coefficient (Wildman–Crippen LogP) is 0.725. The van der Waals surface area contributed by atoms with Crippen LogP contribution in [-0.2, 0) is 4.79 Å². The Bertz CT molecular complexity index is 164. The molecule has 0 spiro atoms. The third-order valence-electron chi connectivity index (χ3n) is 1.16. The van der Waals surface area contributed by atoms with Crippen molar-refractivity contribution in [2.75, 3.05) is 6.67 Å². The second kappa shape index (κ2) is 4.64. The molecule has 0 bridgehead atoms. The summed E-state index contributed by atoms with van der Waals surface area (Å²) in [5.41, 5.74) is -0.583. The molecular formula is C8H16N2O2. The van der Waals surface area contributed by atoms with Gasteiger partial charge in [0.25, 0.3) is 0 Å². The summed E-state index contributed by atoms with van der Waals surface area (Å²) < 4.78 is 0. The molecular weight excluding hydrogens is 156 g/mol. The van der Waals surface area contributed by atoms with Gasteiger partial charge in [0.1, 0.15) is 0 Å². The molecule has 1 heterocycles. The highest BCUT2D eigenvalue weighted by atomic mass is 16.4. The smallest absolute Gasteiger partial charge is 0.308 e. The van der Waals surface area contributed by atoms with Crippen LogP contribution in [0.4, 0.5) is 0 Å². The van der Waals surface area contributed by atoms with E-state index in [9.17, 15) is 4.79 Å². The van der Waals surface area contributed by atoms with Crippen LogP contribution >= 0.6 is 0 Å². The molecule has 1 aliphatic rings. The van der Waals surface area contributed by atoms with Gasteiger partial charge in [-0.3, -0.25) is 4.79 Å². The lowest BCUT2D eigenvalue weighted by Crippen LogP contribution is -2.18. The minimum atomic E-state index is -0.757. The average Bonchev–Trinajstić information content (AvgIpc) is 2.39. The van der Waals surface area contributed by atoms with Gasteiger partial charge in [0.05, 0.1) is 12.1 Å². The van der Waals surface area contributed by atoms with Crippen molar-refractivity contribution in [2.45, 2.75) is 20.8 Å². The molecule has 0 amide bonds. The minimum absolute atomic E-state index is 0.583. The van der Waals surface area contributed by atoms with Crippen molar-refractivity contribution in [1.29, 1.82) is 0 Å². The zero-order chi connectivity index (χ0) is 9.61. The van der Waals surface area contributed by atoms with Gasteiger partial charge in [-0.25, -0.2) is 0 Å². The Morgan fingerprint density at radius 1 is 1.33 bits per heavy atom. The molecule has 0 unspecified atom stereocenters. The largest absolute Gasteiger partial charge is 0.481 e. The third-order valence-corrected chi connectivity index (χ3v) is 1.16. The van der Waals surface area contributed by atoms with Crippen molar-refractivity contribution in [1.82, 2.24) is 10.6 Å². The number of hydrogen-bond donors (Lipinski definition) is 3. The maximum atomic E-state index is 10.0. The fourth-order valence-electron chi connectivity index (χ4n) is 0.295. The quantitative estimate of drug-likeness (QED) is 0.504. The van der Waals surface area contributed by atoms with Crippen molar-refractivity contribution in [2.24, 2.45) is 5.41 Å². The number of nitrogens with one attached hydrogen (secondary N) is 2. The van der Waals surface area contributed by atoms with E-state index >= 15 is 0 Å². The Hall–Kier alpha value is -1.19. The zero-order valence-corrected chi connectivity index (χ0v) is 7.72.